The molecule has 1 aromatic rings. The van der Waals surface area contributed by atoms with Gasteiger partial charge in [0.05, 0.1) is 6.04 Å². The lowest BCUT2D eigenvalue weighted by molar-refractivity contribution is -0.128. The Balaban J connectivity index is 1.62. The molecule has 2 aliphatic heterocycles. The number of hydrogen-bond acceptors (Lipinski definition) is 3. The lowest BCUT2D eigenvalue weighted by Crippen LogP contribution is -2.40. The average molecular weight is 372 g/mol. The van der Waals surface area contributed by atoms with Gasteiger partial charge in [0, 0.05) is 38.4 Å². The summed E-state index contributed by atoms with van der Waals surface area (Å²) in [5.74, 6) is 0.817. The number of hydrogen-bond donors (Lipinski definition) is 2. The van der Waals surface area contributed by atoms with Crippen LogP contribution in [0.4, 0.5) is 5.69 Å². The molecule has 1 aromatic carbocycles. The maximum atomic E-state index is 12.3. The van der Waals surface area contributed by atoms with Gasteiger partial charge in [-0.1, -0.05) is 12.1 Å². The van der Waals surface area contributed by atoms with Gasteiger partial charge in [-0.05, 0) is 57.2 Å². The number of nitrogens with one attached hydrogen (secondary N) is 2. The number of aliphatic imine (C=N–C) groups is 1. The van der Waals surface area contributed by atoms with Crippen molar-refractivity contribution in [1.82, 2.24) is 15.5 Å². The zero-order valence-corrected chi connectivity index (χ0v) is 16.7. The zero-order chi connectivity index (χ0) is 19.1. The van der Waals surface area contributed by atoms with Gasteiger partial charge in [0.1, 0.15) is 6.54 Å². The summed E-state index contributed by atoms with van der Waals surface area (Å²) in [6.07, 6.45) is 4.77. The molecule has 2 saturated heterocycles. The fourth-order valence-corrected chi connectivity index (χ4v) is 3.79. The number of nitrogens with zero attached hydrogens (tertiary/aromatic N) is 3. The van der Waals surface area contributed by atoms with E-state index < -0.39 is 0 Å². The van der Waals surface area contributed by atoms with Crippen LogP contribution >= 0.6 is 0 Å². The highest BCUT2D eigenvalue weighted by Crippen LogP contribution is 2.23. The summed E-state index contributed by atoms with van der Waals surface area (Å²) in [7, 11) is 0. The van der Waals surface area contributed by atoms with Crippen LogP contribution in [0.25, 0.3) is 0 Å². The molecule has 3 rings (SSSR count). The molecule has 2 aliphatic rings. The van der Waals surface area contributed by atoms with Gasteiger partial charge in [-0.2, -0.15) is 0 Å². The van der Waals surface area contributed by atoms with Crippen molar-refractivity contribution < 1.29 is 4.79 Å². The second kappa shape index (κ2) is 9.62. The molecule has 0 aromatic heterocycles. The minimum atomic E-state index is 0.118. The Labute approximate surface area is 163 Å². The Morgan fingerprint density at radius 3 is 2.56 bits per heavy atom. The number of carbonyl (C=O) groups is 1. The average Bonchev–Trinajstić information content (AvgIpc) is 3.40. The molecule has 6 nitrogen and oxygen atoms in total. The van der Waals surface area contributed by atoms with Gasteiger partial charge in [0.2, 0.25) is 5.91 Å². The molecule has 2 fully saturated rings. The van der Waals surface area contributed by atoms with Crippen LogP contribution < -0.4 is 15.5 Å². The van der Waals surface area contributed by atoms with Crippen molar-refractivity contribution >= 4 is 17.6 Å². The lowest BCUT2D eigenvalue weighted by Gasteiger charge is -2.22. The molecule has 0 aliphatic carbocycles. The van der Waals surface area contributed by atoms with Crippen LogP contribution in [0.1, 0.15) is 51.1 Å². The highest BCUT2D eigenvalue weighted by Gasteiger charge is 2.18. The summed E-state index contributed by atoms with van der Waals surface area (Å²) in [6, 6.07) is 8.85. The minimum absolute atomic E-state index is 0.118. The van der Waals surface area contributed by atoms with Gasteiger partial charge >= 0.3 is 0 Å². The molecule has 2 N–H and O–H groups in total. The van der Waals surface area contributed by atoms with E-state index in [1.807, 2.05) is 11.8 Å². The number of amides is 1. The zero-order valence-electron chi connectivity index (χ0n) is 16.7. The molecule has 2 heterocycles. The molecule has 1 atom stereocenters. The van der Waals surface area contributed by atoms with Crippen molar-refractivity contribution in [3.8, 4) is 0 Å². The van der Waals surface area contributed by atoms with Crippen LogP contribution in [-0.2, 0) is 4.79 Å². The number of benzene rings is 1. The van der Waals surface area contributed by atoms with Crippen molar-refractivity contribution in [2.45, 2.75) is 45.6 Å². The van der Waals surface area contributed by atoms with Crippen molar-refractivity contribution in [3.05, 3.63) is 29.8 Å². The van der Waals surface area contributed by atoms with Crippen LogP contribution in [-0.4, -0.2) is 56.0 Å². The Bertz CT molecular complexity index is 648. The largest absolute Gasteiger partial charge is 0.372 e. The summed E-state index contributed by atoms with van der Waals surface area (Å²) in [6.45, 7) is 9.19. The fraction of sp³-hybridized carbons (Fsp3) is 0.619. The van der Waals surface area contributed by atoms with Gasteiger partial charge in [0.25, 0.3) is 0 Å². The third-order valence-electron chi connectivity index (χ3n) is 5.37. The maximum absolute atomic E-state index is 12.3. The van der Waals surface area contributed by atoms with Gasteiger partial charge < -0.3 is 20.4 Å². The predicted molar refractivity (Wildman–Crippen MR) is 111 cm³/mol. The van der Waals surface area contributed by atoms with Crippen LogP contribution in [0, 0.1) is 0 Å². The summed E-state index contributed by atoms with van der Waals surface area (Å²) < 4.78 is 0. The van der Waals surface area contributed by atoms with E-state index >= 15 is 0 Å². The predicted octanol–water partition coefficient (Wildman–Crippen LogP) is 2.53. The summed E-state index contributed by atoms with van der Waals surface area (Å²) >= 11 is 0. The van der Waals surface area contributed by atoms with E-state index in [0.717, 1.165) is 45.6 Å². The van der Waals surface area contributed by atoms with E-state index in [1.165, 1.54) is 24.1 Å². The molecular weight excluding hydrogens is 338 g/mol. The third-order valence-corrected chi connectivity index (χ3v) is 5.37. The molecule has 1 amide bonds. The minimum Gasteiger partial charge on any atom is -0.372 e. The van der Waals surface area contributed by atoms with Crippen molar-refractivity contribution in [2.24, 2.45) is 4.99 Å². The number of anilines is 1. The van der Waals surface area contributed by atoms with Gasteiger partial charge in [-0.25, -0.2) is 4.99 Å². The van der Waals surface area contributed by atoms with E-state index in [9.17, 15) is 4.79 Å². The Morgan fingerprint density at radius 1 is 1.15 bits per heavy atom. The molecule has 0 spiro atoms. The van der Waals surface area contributed by atoms with Gasteiger partial charge in [-0.3, -0.25) is 4.79 Å². The van der Waals surface area contributed by atoms with E-state index in [4.69, 9.17) is 0 Å². The number of likely N-dealkylation sites (tertiary alicyclic amines) is 1. The van der Waals surface area contributed by atoms with Crippen LogP contribution in [0.2, 0.25) is 0 Å². The molecule has 0 bridgehead atoms. The Kier molecular flexibility index (Phi) is 6.96. The third kappa shape index (κ3) is 5.37. The SMILES string of the molecule is CCNC(=NCC(=O)N1CCCC1)NC(C)c1cccc(N2CCCC2)c1. The normalized spacial score (nSPS) is 18.7. The molecule has 1 unspecified atom stereocenters. The quantitative estimate of drug-likeness (QED) is 0.596. The second-order valence-electron chi connectivity index (χ2n) is 7.44. The Hall–Kier alpha value is -2.24. The molecule has 27 heavy (non-hydrogen) atoms. The second-order valence-corrected chi connectivity index (χ2v) is 7.44. The number of guanidine groups is 1. The monoisotopic (exact) mass is 371 g/mol. The van der Waals surface area contributed by atoms with Gasteiger partial charge in [0.15, 0.2) is 5.96 Å². The topological polar surface area (TPSA) is 60.0 Å². The van der Waals surface area contributed by atoms with E-state index in [-0.39, 0.29) is 18.5 Å². The number of rotatable bonds is 6. The van der Waals surface area contributed by atoms with E-state index in [2.05, 4.69) is 51.7 Å². The molecular formula is C21H33N5O. The van der Waals surface area contributed by atoms with Gasteiger partial charge in [-0.15, -0.1) is 0 Å². The molecule has 6 heteroatoms. The number of carbonyl (C=O) groups excluding carboxylic acids is 1. The highest BCUT2D eigenvalue weighted by molar-refractivity contribution is 5.85. The Morgan fingerprint density at radius 2 is 1.85 bits per heavy atom. The van der Waals surface area contributed by atoms with Crippen LogP contribution in [0.3, 0.4) is 0 Å². The van der Waals surface area contributed by atoms with Crippen LogP contribution in [0.5, 0.6) is 0 Å². The summed E-state index contributed by atoms with van der Waals surface area (Å²) in [5.41, 5.74) is 2.53. The van der Waals surface area contributed by atoms with E-state index in [1.54, 1.807) is 0 Å². The first kappa shape index (κ1) is 19.5. The molecule has 0 saturated carbocycles. The first-order valence-electron chi connectivity index (χ1n) is 10.3. The van der Waals surface area contributed by atoms with Crippen LogP contribution in [0.15, 0.2) is 29.3 Å². The molecule has 0 radical (unpaired) electrons. The van der Waals surface area contributed by atoms with Crippen molar-refractivity contribution in [3.63, 3.8) is 0 Å². The first-order valence-corrected chi connectivity index (χ1v) is 10.3. The lowest BCUT2D eigenvalue weighted by atomic mass is 10.1. The molecule has 148 valence electrons. The fourth-order valence-electron chi connectivity index (χ4n) is 3.79. The highest BCUT2D eigenvalue weighted by atomic mass is 16.2. The summed E-state index contributed by atoms with van der Waals surface area (Å²) in [4.78, 5) is 21.1. The smallest absolute Gasteiger partial charge is 0.244 e. The first-order chi connectivity index (χ1) is 13.2. The summed E-state index contributed by atoms with van der Waals surface area (Å²) in [5, 5.41) is 6.70. The maximum Gasteiger partial charge on any atom is 0.244 e. The van der Waals surface area contributed by atoms with Crippen molar-refractivity contribution in [2.75, 3.05) is 44.2 Å². The van der Waals surface area contributed by atoms with E-state index in [0.29, 0.717) is 5.96 Å². The van der Waals surface area contributed by atoms with Crippen molar-refractivity contribution in [1.29, 1.82) is 0 Å². The standard InChI is InChI=1S/C21H33N5O/c1-3-22-21(23-16-20(27)26-13-6-7-14-26)24-17(2)18-9-8-10-19(15-18)25-11-4-5-12-25/h8-10,15,17H,3-7,11-14,16H2,1-2H3,(H2,22,23,24).